The Morgan fingerprint density at radius 2 is 1.68 bits per heavy atom. The van der Waals surface area contributed by atoms with Crippen LogP contribution in [0.4, 0.5) is 24.8 Å². The second-order valence-electron chi connectivity index (χ2n) is 9.05. The number of halogens is 4. The fourth-order valence-corrected chi connectivity index (χ4v) is 4.74. The van der Waals surface area contributed by atoms with E-state index in [1.165, 1.54) is 10.6 Å². The molecule has 0 saturated carbocycles. The van der Waals surface area contributed by atoms with Crippen molar-refractivity contribution in [2.24, 2.45) is 0 Å². The van der Waals surface area contributed by atoms with E-state index >= 15 is 0 Å². The van der Waals surface area contributed by atoms with Gasteiger partial charge in [0.05, 0.1) is 24.6 Å². The third-order valence-electron chi connectivity index (χ3n) is 6.43. The zero-order chi connectivity index (χ0) is 26.2. The molecule has 5 rings (SSSR count). The standard InChI is InChI=1S/C28H24ClF3N4O/c1-19-24(14-20-8-3-2-4-9-20)26(37)36-18-34(16-21-10-5-6-13-25(21)29)17-35(27(36)33-19)23-12-7-11-22(15-23)28(30,31)32/h2-13,15H,14,16-18H2,1H3. The van der Waals surface area contributed by atoms with Crippen molar-refractivity contribution >= 4 is 23.2 Å². The predicted octanol–water partition coefficient (Wildman–Crippen LogP) is 6.38. The Labute approximate surface area is 217 Å². The number of aryl methyl sites for hydroxylation is 1. The van der Waals surface area contributed by atoms with Crippen molar-refractivity contribution in [3.63, 3.8) is 0 Å². The molecule has 0 unspecified atom stereocenters. The summed E-state index contributed by atoms with van der Waals surface area (Å²) in [5, 5.41) is 0.582. The van der Waals surface area contributed by atoms with Gasteiger partial charge in [-0.3, -0.25) is 19.2 Å². The van der Waals surface area contributed by atoms with Crippen LogP contribution in [0.25, 0.3) is 0 Å². The van der Waals surface area contributed by atoms with E-state index in [1.807, 2.05) is 53.4 Å². The van der Waals surface area contributed by atoms with Crippen LogP contribution in [-0.2, 0) is 25.8 Å². The molecule has 5 nitrogen and oxygen atoms in total. The van der Waals surface area contributed by atoms with E-state index in [0.717, 1.165) is 23.3 Å². The Morgan fingerprint density at radius 1 is 0.946 bits per heavy atom. The van der Waals surface area contributed by atoms with Crippen LogP contribution in [0.1, 0.15) is 27.9 Å². The largest absolute Gasteiger partial charge is 0.416 e. The van der Waals surface area contributed by atoms with Crippen LogP contribution in [0.5, 0.6) is 0 Å². The van der Waals surface area contributed by atoms with E-state index in [2.05, 4.69) is 0 Å². The average molecular weight is 525 g/mol. The first-order chi connectivity index (χ1) is 17.7. The Balaban J connectivity index is 1.61. The van der Waals surface area contributed by atoms with Gasteiger partial charge in [-0.1, -0.05) is 66.2 Å². The van der Waals surface area contributed by atoms with Crippen molar-refractivity contribution < 1.29 is 13.2 Å². The van der Waals surface area contributed by atoms with E-state index in [4.69, 9.17) is 16.6 Å². The normalized spacial score (nSPS) is 14.0. The molecule has 1 aromatic heterocycles. The monoisotopic (exact) mass is 524 g/mol. The van der Waals surface area contributed by atoms with Crippen LogP contribution in [0, 0.1) is 6.92 Å². The SMILES string of the molecule is Cc1nc2n(c(=O)c1Cc1ccccc1)CN(Cc1ccccc1Cl)CN2c1cccc(C(F)(F)F)c1. The zero-order valence-corrected chi connectivity index (χ0v) is 20.8. The number of alkyl halides is 3. The molecular weight excluding hydrogens is 501 g/mol. The number of nitrogens with zero attached hydrogens (tertiary/aromatic N) is 4. The lowest BCUT2D eigenvalue weighted by Gasteiger charge is -2.38. The fraction of sp³-hybridized carbons (Fsp3) is 0.214. The number of fused-ring (bicyclic) bond motifs is 1. The van der Waals surface area contributed by atoms with E-state index in [0.29, 0.717) is 40.9 Å². The van der Waals surface area contributed by atoms with Crippen LogP contribution in [-0.4, -0.2) is 21.1 Å². The van der Waals surface area contributed by atoms with Crippen LogP contribution < -0.4 is 10.5 Å². The molecule has 0 saturated heterocycles. The van der Waals surface area contributed by atoms with Gasteiger partial charge in [0.1, 0.15) is 0 Å². The lowest BCUT2D eigenvalue weighted by molar-refractivity contribution is -0.137. The minimum atomic E-state index is -4.49. The van der Waals surface area contributed by atoms with Gasteiger partial charge in [-0.15, -0.1) is 0 Å². The van der Waals surface area contributed by atoms with Gasteiger partial charge in [-0.05, 0) is 42.3 Å². The predicted molar refractivity (Wildman–Crippen MR) is 138 cm³/mol. The van der Waals surface area contributed by atoms with Gasteiger partial charge >= 0.3 is 6.18 Å². The number of anilines is 2. The quantitative estimate of drug-likeness (QED) is 0.304. The Morgan fingerprint density at radius 3 is 2.41 bits per heavy atom. The van der Waals surface area contributed by atoms with Gasteiger partial charge < -0.3 is 0 Å². The molecule has 1 aliphatic rings. The lowest BCUT2D eigenvalue weighted by Crippen LogP contribution is -2.47. The topological polar surface area (TPSA) is 41.4 Å². The van der Waals surface area contributed by atoms with Crippen LogP contribution in [0.3, 0.4) is 0 Å². The highest BCUT2D eigenvalue weighted by molar-refractivity contribution is 6.31. The van der Waals surface area contributed by atoms with Gasteiger partial charge in [0, 0.05) is 29.2 Å². The summed E-state index contributed by atoms with van der Waals surface area (Å²) in [4.78, 5) is 22.1. The minimum Gasteiger partial charge on any atom is -0.298 e. The summed E-state index contributed by atoms with van der Waals surface area (Å²) < 4.78 is 42.1. The molecule has 0 aliphatic carbocycles. The average Bonchev–Trinajstić information content (AvgIpc) is 2.88. The molecule has 0 radical (unpaired) electrons. The molecule has 0 atom stereocenters. The summed E-state index contributed by atoms with van der Waals surface area (Å²) in [6.07, 6.45) is -4.08. The number of aromatic nitrogens is 2. The number of rotatable bonds is 5. The maximum absolute atomic E-state index is 13.8. The smallest absolute Gasteiger partial charge is 0.298 e. The first-order valence-corrected chi connectivity index (χ1v) is 12.1. The van der Waals surface area contributed by atoms with Gasteiger partial charge in [0.15, 0.2) is 0 Å². The zero-order valence-electron chi connectivity index (χ0n) is 20.0. The fourth-order valence-electron chi connectivity index (χ4n) is 4.55. The second-order valence-corrected chi connectivity index (χ2v) is 9.46. The maximum atomic E-state index is 13.8. The highest BCUT2D eigenvalue weighted by Gasteiger charge is 2.33. The van der Waals surface area contributed by atoms with Crippen LogP contribution in [0.2, 0.25) is 5.02 Å². The Hall–Kier alpha value is -3.62. The third-order valence-corrected chi connectivity index (χ3v) is 6.80. The molecule has 0 spiro atoms. The molecule has 9 heteroatoms. The van der Waals surface area contributed by atoms with E-state index in [9.17, 15) is 18.0 Å². The van der Waals surface area contributed by atoms with Crippen molar-refractivity contribution in [2.75, 3.05) is 11.6 Å². The maximum Gasteiger partial charge on any atom is 0.416 e. The van der Waals surface area contributed by atoms with Crippen molar-refractivity contribution in [3.8, 4) is 0 Å². The van der Waals surface area contributed by atoms with Crippen molar-refractivity contribution in [3.05, 3.63) is 122 Å². The van der Waals surface area contributed by atoms with E-state index < -0.39 is 11.7 Å². The molecular formula is C28H24ClF3N4O. The molecule has 0 amide bonds. The molecule has 0 bridgehead atoms. The van der Waals surface area contributed by atoms with Gasteiger partial charge in [0.25, 0.3) is 5.56 Å². The van der Waals surface area contributed by atoms with Crippen molar-refractivity contribution in [2.45, 2.75) is 32.7 Å². The highest BCUT2D eigenvalue weighted by Crippen LogP contribution is 2.35. The van der Waals surface area contributed by atoms with Gasteiger partial charge in [0.2, 0.25) is 5.95 Å². The van der Waals surface area contributed by atoms with E-state index in [-0.39, 0.29) is 18.9 Å². The summed E-state index contributed by atoms with van der Waals surface area (Å²) >= 11 is 6.39. The number of hydrogen-bond acceptors (Lipinski definition) is 4. The summed E-state index contributed by atoms with van der Waals surface area (Å²) in [6, 6.07) is 22.1. The summed E-state index contributed by atoms with van der Waals surface area (Å²) in [6.45, 7) is 2.63. The molecule has 1 aliphatic heterocycles. The summed E-state index contributed by atoms with van der Waals surface area (Å²) in [5.74, 6) is 0.314. The van der Waals surface area contributed by atoms with Crippen molar-refractivity contribution in [1.82, 2.24) is 14.5 Å². The second kappa shape index (κ2) is 10.0. The summed E-state index contributed by atoms with van der Waals surface area (Å²) in [7, 11) is 0. The Bertz CT molecular complexity index is 1490. The number of benzene rings is 3. The van der Waals surface area contributed by atoms with Crippen molar-refractivity contribution in [1.29, 1.82) is 0 Å². The molecule has 190 valence electrons. The summed E-state index contributed by atoms with van der Waals surface area (Å²) in [5.41, 5.74) is 2.26. The first-order valence-electron chi connectivity index (χ1n) is 11.8. The number of hydrogen-bond donors (Lipinski definition) is 0. The first kappa shape index (κ1) is 25.0. The third kappa shape index (κ3) is 5.26. The highest BCUT2D eigenvalue weighted by atomic mass is 35.5. The molecule has 3 aromatic carbocycles. The van der Waals surface area contributed by atoms with Crippen LogP contribution in [0.15, 0.2) is 83.7 Å². The van der Waals surface area contributed by atoms with Crippen LogP contribution >= 0.6 is 11.6 Å². The van der Waals surface area contributed by atoms with E-state index in [1.54, 1.807) is 24.0 Å². The molecule has 0 N–H and O–H groups in total. The lowest BCUT2D eigenvalue weighted by atomic mass is 10.1. The van der Waals surface area contributed by atoms with Gasteiger partial charge in [-0.25, -0.2) is 4.98 Å². The molecule has 2 heterocycles. The Kier molecular flexibility index (Phi) is 6.79. The minimum absolute atomic E-state index is 0.216. The van der Waals surface area contributed by atoms with Gasteiger partial charge in [-0.2, -0.15) is 13.2 Å². The molecule has 4 aromatic rings. The molecule has 0 fully saturated rings. The molecule has 37 heavy (non-hydrogen) atoms.